The number of carboxylic acid groups (broad SMARTS) is 1. The van der Waals surface area contributed by atoms with Crippen molar-refractivity contribution in [3.05, 3.63) is 101 Å². The molecule has 4 rings (SSSR count). The maximum atomic E-state index is 10.8. The smallest absolute Gasteiger partial charge is 0.303 e. The van der Waals surface area contributed by atoms with Crippen molar-refractivity contribution in [2.45, 2.75) is 43.3 Å². The molecule has 1 N–H and O–H groups in total. The van der Waals surface area contributed by atoms with Crippen LogP contribution in [-0.2, 0) is 16.0 Å². The zero-order valence-corrected chi connectivity index (χ0v) is 19.3. The van der Waals surface area contributed by atoms with Gasteiger partial charge in [0.05, 0.1) is 11.4 Å². The SMILES string of the molecule is CC(SCCC1COc2c(CCCC(=O)O)cccc21)(c1ccccc1)c1ccccc1. The third-order valence-corrected chi connectivity index (χ3v) is 7.83. The van der Waals surface area contributed by atoms with Crippen molar-refractivity contribution in [3.8, 4) is 5.75 Å². The molecule has 1 aliphatic rings. The Morgan fingerprint density at radius 1 is 1.00 bits per heavy atom. The highest BCUT2D eigenvalue weighted by Gasteiger charge is 2.31. The third kappa shape index (κ3) is 5.02. The summed E-state index contributed by atoms with van der Waals surface area (Å²) in [6.45, 7) is 3.03. The lowest BCUT2D eigenvalue weighted by Gasteiger charge is -2.31. The van der Waals surface area contributed by atoms with Crippen LogP contribution < -0.4 is 4.74 Å². The van der Waals surface area contributed by atoms with Gasteiger partial charge < -0.3 is 9.84 Å². The summed E-state index contributed by atoms with van der Waals surface area (Å²) >= 11 is 1.99. The summed E-state index contributed by atoms with van der Waals surface area (Å²) < 4.78 is 5.99. The van der Waals surface area contributed by atoms with Crippen LogP contribution in [0, 0.1) is 0 Å². The number of thioether (sulfide) groups is 1. The van der Waals surface area contributed by atoms with Gasteiger partial charge in [-0.2, -0.15) is 0 Å². The molecule has 3 aromatic rings. The molecule has 32 heavy (non-hydrogen) atoms. The standard InChI is InChI=1S/C28H30O3S/c1-28(23-12-4-2-5-13-23,24-14-6-3-7-15-24)32-19-18-22-20-31-27-21(10-8-16-25(22)27)11-9-17-26(29)30/h2-8,10,12-16,22H,9,11,17-20H2,1H3,(H,29,30). The monoisotopic (exact) mass is 446 g/mol. The Morgan fingerprint density at radius 2 is 1.66 bits per heavy atom. The van der Waals surface area contributed by atoms with E-state index in [9.17, 15) is 4.79 Å². The van der Waals surface area contributed by atoms with Gasteiger partial charge in [0.25, 0.3) is 0 Å². The van der Waals surface area contributed by atoms with Crippen LogP contribution in [0.1, 0.15) is 54.4 Å². The first kappa shape index (κ1) is 22.5. The maximum Gasteiger partial charge on any atom is 0.303 e. The van der Waals surface area contributed by atoms with E-state index in [2.05, 4.69) is 85.8 Å². The molecule has 1 unspecified atom stereocenters. The first-order chi connectivity index (χ1) is 15.6. The molecule has 166 valence electrons. The number of aryl methyl sites for hydroxylation is 1. The molecule has 1 aliphatic heterocycles. The average molecular weight is 447 g/mol. The van der Waals surface area contributed by atoms with Crippen LogP contribution in [0.2, 0.25) is 0 Å². The molecule has 0 aliphatic carbocycles. The van der Waals surface area contributed by atoms with Crippen molar-refractivity contribution in [1.29, 1.82) is 0 Å². The second-order valence-electron chi connectivity index (χ2n) is 8.49. The summed E-state index contributed by atoms with van der Waals surface area (Å²) in [6.07, 6.45) is 2.63. The van der Waals surface area contributed by atoms with Gasteiger partial charge in [0, 0.05) is 17.9 Å². The fourth-order valence-electron chi connectivity index (χ4n) is 4.49. The lowest BCUT2D eigenvalue weighted by atomic mass is 9.92. The number of fused-ring (bicyclic) bond motifs is 1. The molecular formula is C28H30O3S. The quantitative estimate of drug-likeness (QED) is 0.378. The molecule has 0 amide bonds. The molecule has 3 aromatic carbocycles. The summed E-state index contributed by atoms with van der Waals surface area (Å²) in [5.41, 5.74) is 5.05. The van der Waals surface area contributed by atoms with Crippen molar-refractivity contribution in [2.24, 2.45) is 0 Å². The summed E-state index contributed by atoms with van der Waals surface area (Å²) in [6, 6.07) is 27.8. The predicted molar refractivity (Wildman–Crippen MR) is 132 cm³/mol. The van der Waals surface area contributed by atoms with Crippen LogP contribution in [0.3, 0.4) is 0 Å². The molecule has 3 nitrogen and oxygen atoms in total. The minimum Gasteiger partial charge on any atom is -0.492 e. The van der Waals surface area contributed by atoms with Crippen LogP contribution in [0.25, 0.3) is 0 Å². The molecule has 0 aromatic heterocycles. The van der Waals surface area contributed by atoms with Gasteiger partial charge in [0.1, 0.15) is 5.75 Å². The van der Waals surface area contributed by atoms with Gasteiger partial charge in [0.15, 0.2) is 0 Å². The van der Waals surface area contributed by atoms with Crippen molar-refractivity contribution >= 4 is 17.7 Å². The van der Waals surface area contributed by atoms with E-state index in [-0.39, 0.29) is 11.2 Å². The van der Waals surface area contributed by atoms with Crippen LogP contribution in [0.5, 0.6) is 5.75 Å². The van der Waals surface area contributed by atoms with E-state index in [0.29, 0.717) is 18.9 Å². The number of carbonyl (C=O) groups is 1. The van der Waals surface area contributed by atoms with E-state index >= 15 is 0 Å². The van der Waals surface area contributed by atoms with E-state index in [1.165, 1.54) is 16.7 Å². The third-order valence-electron chi connectivity index (χ3n) is 6.34. The molecular weight excluding hydrogens is 416 g/mol. The minimum atomic E-state index is -0.742. The first-order valence-corrected chi connectivity index (χ1v) is 12.3. The van der Waals surface area contributed by atoms with Crippen LogP contribution in [0.15, 0.2) is 78.9 Å². The normalized spacial score (nSPS) is 15.2. The fraction of sp³-hybridized carbons (Fsp3) is 0.321. The van der Waals surface area contributed by atoms with Gasteiger partial charge >= 0.3 is 5.97 Å². The molecule has 1 heterocycles. The molecule has 1 atom stereocenters. The zero-order valence-electron chi connectivity index (χ0n) is 18.5. The summed E-state index contributed by atoms with van der Waals surface area (Å²) in [5.74, 6) is 1.65. The first-order valence-electron chi connectivity index (χ1n) is 11.3. The molecule has 0 spiro atoms. The maximum absolute atomic E-state index is 10.8. The number of aliphatic carboxylic acids is 1. The van der Waals surface area contributed by atoms with Gasteiger partial charge in [-0.25, -0.2) is 0 Å². The van der Waals surface area contributed by atoms with Crippen molar-refractivity contribution < 1.29 is 14.6 Å². The highest BCUT2D eigenvalue weighted by molar-refractivity contribution is 8.00. The molecule has 0 saturated carbocycles. The topological polar surface area (TPSA) is 46.5 Å². The van der Waals surface area contributed by atoms with E-state index < -0.39 is 5.97 Å². The largest absolute Gasteiger partial charge is 0.492 e. The average Bonchev–Trinajstić information content (AvgIpc) is 3.24. The Morgan fingerprint density at radius 3 is 2.28 bits per heavy atom. The summed E-state index contributed by atoms with van der Waals surface area (Å²) in [5, 5.41) is 8.92. The number of hydrogen-bond donors (Lipinski definition) is 1. The molecule has 0 bridgehead atoms. The summed E-state index contributed by atoms with van der Waals surface area (Å²) in [7, 11) is 0. The Bertz CT molecular complexity index is 994. The Kier molecular flexibility index (Phi) is 7.21. The molecule has 4 heteroatoms. The number of ether oxygens (including phenoxy) is 1. The zero-order chi connectivity index (χ0) is 22.4. The highest BCUT2D eigenvalue weighted by Crippen LogP contribution is 2.45. The van der Waals surface area contributed by atoms with Gasteiger partial charge in [0.2, 0.25) is 0 Å². The highest BCUT2D eigenvalue weighted by atomic mass is 32.2. The Balaban J connectivity index is 1.45. The minimum absolute atomic E-state index is 0.108. The lowest BCUT2D eigenvalue weighted by Crippen LogP contribution is -2.20. The van der Waals surface area contributed by atoms with Gasteiger partial charge in [-0.1, -0.05) is 78.9 Å². The summed E-state index contributed by atoms with van der Waals surface area (Å²) in [4.78, 5) is 10.8. The fourth-order valence-corrected chi connectivity index (χ4v) is 5.91. The van der Waals surface area contributed by atoms with E-state index in [1.807, 2.05) is 11.8 Å². The lowest BCUT2D eigenvalue weighted by molar-refractivity contribution is -0.137. The van der Waals surface area contributed by atoms with E-state index in [4.69, 9.17) is 9.84 Å². The van der Waals surface area contributed by atoms with Gasteiger partial charge in [-0.05, 0) is 48.6 Å². The number of carboxylic acids is 1. The van der Waals surface area contributed by atoms with Gasteiger partial charge in [-0.3, -0.25) is 4.79 Å². The Hall–Kier alpha value is -2.72. The Labute approximate surface area is 194 Å². The number of para-hydroxylation sites is 1. The van der Waals surface area contributed by atoms with Crippen molar-refractivity contribution in [2.75, 3.05) is 12.4 Å². The van der Waals surface area contributed by atoms with E-state index in [0.717, 1.165) is 29.9 Å². The van der Waals surface area contributed by atoms with Crippen LogP contribution >= 0.6 is 11.8 Å². The van der Waals surface area contributed by atoms with Crippen LogP contribution in [0.4, 0.5) is 0 Å². The van der Waals surface area contributed by atoms with Crippen molar-refractivity contribution in [1.82, 2.24) is 0 Å². The molecule has 0 fully saturated rings. The van der Waals surface area contributed by atoms with Crippen LogP contribution in [-0.4, -0.2) is 23.4 Å². The number of benzene rings is 3. The molecule has 0 saturated heterocycles. The molecule has 0 radical (unpaired) electrons. The number of hydrogen-bond acceptors (Lipinski definition) is 3. The second kappa shape index (κ2) is 10.3. The van der Waals surface area contributed by atoms with Crippen molar-refractivity contribution in [3.63, 3.8) is 0 Å². The van der Waals surface area contributed by atoms with Gasteiger partial charge in [-0.15, -0.1) is 11.8 Å². The number of rotatable bonds is 10. The predicted octanol–water partition coefficient (Wildman–Crippen LogP) is 6.66. The van der Waals surface area contributed by atoms with E-state index in [1.54, 1.807) is 0 Å². The second-order valence-corrected chi connectivity index (χ2v) is 10.0.